The Morgan fingerprint density at radius 3 is 2.59 bits per heavy atom. The van der Waals surface area contributed by atoms with Gasteiger partial charge < -0.3 is 4.90 Å². The summed E-state index contributed by atoms with van der Waals surface area (Å²) in [5, 5.41) is 0.609. The molecule has 0 aromatic heterocycles. The molecular formula is C37H45NS. The van der Waals surface area contributed by atoms with E-state index in [1.54, 1.807) is 16.8 Å². The predicted molar refractivity (Wildman–Crippen MR) is 165 cm³/mol. The average Bonchev–Trinajstić information content (AvgIpc) is 3.54. The average molecular weight is 536 g/mol. The van der Waals surface area contributed by atoms with Gasteiger partial charge >= 0.3 is 0 Å². The van der Waals surface area contributed by atoms with Gasteiger partial charge in [-0.25, -0.2) is 0 Å². The predicted octanol–water partition coefficient (Wildman–Crippen LogP) is 9.61. The summed E-state index contributed by atoms with van der Waals surface area (Å²) in [6, 6.07) is 10.6. The molecule has 2 heteroatoms. The van der Waals surface area contributed by atoms with E-state index in [0.29, 0.717) is 35.1 Å². The second-order valence-electron chi connectivity index (χ2n) is 13.7. The van der Waals surface area contributed by atoms with Crippen molar-refractivity contribution in [3.05, 3.63) is 89.2 Å². The van der Waals surface area contributed by atoms with Crippen LogP contribution in [0.25, 0.3) is 0 Å². The molecule has 1 aromatic rings. The molecule has 2 heterocycles. The summed E-state index contributed by atoms with van der Waals surface area (Å²) in [4.78, 5) is 4.59. The van der Waals surface area contributed by atoms with Gasteiger partial charge in [-0.3, -0.25) is 0 Å². The molecule has 0 bridgehead atoms. The Bertz CT molecular complexity index is 1260. The van der Waals surface area contributed by atoms with Gasteiger partial charge in [-0.05, 0) is 111 Å². The summed E-state index contributed by atoms with van der Waals surface area (Å²) in [5.41, 5.74) is 6.85. The first-order valence-corrected chi connectivity index (χ1v) is 17.1. The quantitative estimate of drug-likeness (QED) is 0.354. The number of hydrogen-bond donors (Lipinski definition) is 0. The van der Waals surface area contributed by atoms with E-state index in [1.165, 1.54) is 75.5 Å². The third-order valence-electron chi connectivity index (χ3n) is 11.5. The van der Waals surface area contributed by atoms with Gasteiger partial charge in [-0.15, -0.1) is 11.8 Å². The molecule has 0 amide bonds. The normalized spacial score (nSPS) is 40.7. The number of fused-ring (bicyclic) bond motifs is 6. The number of thioether (sulfide) groups is 1. The summed E-state index contributed by atoms with van der Waals surface area (Å²) >= 11 is 2.18. The van der Waals surface area contributed by atoms with E-state index in [0.717, 1.165) is 17.8 Å². The van der Waals surface area contributed by atoms with Crippen molar-refractivity contribution in [2.24, 2.45) is 29.6 Å². The molecular weight excluding hydrogens is 490 g/mol. The van der Waals surface area contributed by atoms with Crippen LogP contribution in [0.1, 0.15) is 89.0 Å². The number of hydrogen-bond acceptors (Lipinski definition) is 2. The number of allylic oxidation sites excluding steroid dienone is 7. The Morgan fingerprint density at radius 2 is 1.74 bits per heavy atom. The minimum Gasteiger partial charge on any atom is -0.365 e. The first-order valence-electron chi connectivity index (χ1n) is 16.3. The van der Waals surface area contributed by atoms with Crippen molar-refractivity contribution in [2.75, 3.05) is 0 Å². The van der Waals surface area contributed by atoms with Crippen molar-refractivity contribution in [2.45, 2.75) is 106 Å². The topological polar surface area (TPSA) is 3.24 Å². The van der Waals surface area contributed by atoms with Crippen LogP contribution in [0.2, 0.25) is 0 Å². The third-order valence-corrected chi connectivity index (χ3v) is 12.9. The smallest absolute Gasteiger partial charge is 0.0434 e. The maximum atomic E-state index is 3.06. The summed E-state index contributed by atoms with van der Waals surface area (Å²) < 4.78 is 0. The van der Waals surface area contributed by atoms with Crippen LogP contribution < -0.4 is 0 Å². The van der Waals surface area contributed by atoms with Crippen LogP contribution in [0, 0.1) is 29.6 Å². The molecule has 204 valence electrons. The highest BCUT2D eigenvalue weighted by Crippen LogP contribution is 2.60. The maximum Gasteiger partial charge on any atom is 0.0434 e. The zero-order chi connectivity index (χ0) is 25.9. The van der Waals surface area contributed by atoms with Crippen molar-refractivity contribution in [1.82, 2.24) is 4.90 Å². The van der Waals surface area contributed by atoms with E-state index in [-0.39, 0.29) is 0 Å². The second kappa shape index (κ2) is 10.2. The molecule has 39 heavy (non-hydrogen) atoms. The molecule has 8 rings (SSSR count). The van der Waals surface area contributed by atoms with E-state index in [1.807, 2.05) is 5.57 Å². The monoisotopic (exact) mass is 535 g/mol. The van der Waals surface area contributed by atoms with E-state index in [4.69, 9.17) is 0 Å². The van der Waals surface area contributed by atoms with Gasteiger partial charge in [0.25, 0.3) is 0 Å². The van der Waals surface area contributed by atoms with Gasteiger partial charge in [0.15, 0.2) is 0 Å². The highest BCUT2D eigenvalue weighted by Gasteiger charge is 2.52. The molecule has 1 saturated carbocycles. The van der Waals surface area contributed by atoms with Crippen LogP contribution in [0.3, 0.4) is 0 Å². The highest BCUT2D eigenvalue weighted by atomic mass is 32.2. The SMILES string of the molecule is CC1CCCC2C1C1=C(C=CC3c4ccccc4SC13)N2C1CC([C@H]2C=CCCC2)=CC(C2C=CCCC2)C1. The van der Waals surface area contributed by atoms with Gasteiger partial charge in [0.1, 0.15) is 0 Å². The molecule has 1 fully saturated rings. The molecule has 1 aromatic carbocycles. The number of nitrogens with zero attached hydrogens (tertiary/aromatic N) is 1. The Balaban J connectivity index is 1.18. The maximum absolute atomic E-state index is 3.06. The Kier molecular flexibility index (Phi) is 6.47. The van der Waals surface area contributed by atoms with Crippen molar-refractivity contribution in [1.29, 1.82) is 0 Å². The van der Waals surface area contributed by atoms with Crippen LogP contribution in [0.15, 0.2) is 88.5 Å². The van der Waals surface area contributed by atoms with Gasteiger partial charge in [0.05, 0.1) is 0 Å². The molecule has 1 nitrogen and oxygen atoms in total. The van der Waals surface area contributed by atoms with E-state index in [9.17, 15) is 0 Å². The van der Waals surface area contributed by atoms with Gasteiger partial charge in [0, 0.05) is 39.8 Å². The molecule has 9 atom stereocenters. The molecule has 0 spiro atoms. The van der Waals surface area contributed by atoms with Crippen molar-refractivity contribution >= 4 is 11.8 Å². The van der Waals surface area contributed by atoms with E-state index >= 15 is 0 Å². The number of rotatable bonds is 3. The van der Waals surface area contributed by atoms with Crippen LogP contribution in [0.4, 0.5) is 0 Å². The molecule has 7 aliphatic rings. The molecule has 0 saturated heterocycles. The number of benzene rings is 1. The highest BCUT2D eigenvalue weighted by molar-refractivity contribution is 8.00. The lowest BCUT2D eigenvalue weighted by molar-refractivity contribution is 0.0973. The zero-order valence-electron chi connectivity index (χ0n) is 23.7. The van der Waals surface area contributed by atoms with Crippen molar-refractivity contribution in [3.8, 4) is 0 Å². The molecule has 2 aliphatic heterocycles. The van der Waals surface area contributed by atoms with Crippen molar-refractivity contribution in [3.63, 3.8) is 0 Å². The fourth-order valence-electron chi connectivity index (χ4n) is 9.77. The first kappa shape index (κ1) is 24.8. The molecule has 0 radical (unpaired) electrons. The third kappa shape index (κ3) is 4.18. The van der Waals surface area contributed by atoms with Gasteiger partial charge in [-0.1, -0.05) is 73.6 Å². The lowest BCUT2D eigenvalue weighted by Gasteiger charge is -2.46. The Hall–Kier alpha value is -1.93. The largest absolute Gasteiger partial charge is 0.365 e. The lowest BCUT2D eigenvalue weighted by Crippen LogP contribution is -2.47. The molecule has 5 aliphatic carbocycles. The second-order valence-corrected chi connectivity index (χ2v) is 14.9. The summed E-state index contributed by atoms with van der Waals surface area (Å²) in [5.74, 6) is 4.23. The van der Waals surface area contributed by atoms with E-state index < -0.39 is 0 Å². The first-order chi connectivity index (χ1) is 19.3. The van der Waals surface area contributed by atoms with Crippen molar-refractivity contribution < 1.29 is 0 Å². The minimum atomic E-state index is 0.564. The fourth-order valence-corrected chi connectivity index (χ4v) is 11.3. The van der Waals surface area contributed by atoms with Crippen LogP contribution in [-0.2, 0) is 0 Å². The molecule has 8 unspecified atom stereocenters. The zero-order valence-corrected chi connectivity index (χ0v) is 24.5. The Morgan fingerprint density at radius 1 is 0.872 bits per heavy atom. The van der Waals surface area contributed by atoms with Gasteiger partial charge in [-0.2, -0.15) is 0 Å². The Labute approximate surface area is 240 Å². The summed E-state index contributed by atoms with van der Waals surface area (Å²) in [7, 11) is 0. The summed E-state index contributed by atoms with van der Waals surface area (Å²) in [6.45, 7) is 2.58. The summed E-state index contributed by atoms with van der Waals surface area (Å²) in [6.07, 6.45) is 33.0. The minimum absolute atomic E-state index is 0.564. The van der Waals surface area contributed by atoms with Crippen LogP contribution in [0.5, 0.6) is 0 Å². The van der Waals surface area contributed by atoms with Crippen LogP contribution >= 0.6 is 11.8 Å². The van der Waals surface area contributed by atoms with Crippen LogP contribution in [-0.4, -0.2) is 22.2 Å². The lowest BCUT2D eigenvalue weighted by atomic mass is 9.70. The molecule has 0 N–H and O–H groups in total. The van der Waals surface area contributed by atoms with E-state index in [2.05, 4.69) is 90.4 Å². The standard InChI is InChI=1S/C37H45NS/c1-24-11-10-17-32-35(24)36-33(20-19-31-30-16-8-9-18-34(30)39-37(31)36)38(32)29-22-27(25-12-4-2-5-13-25)21-28(23-29)26-14-6-3-7-15-26/h4,6,8-9,12,14,16,18-21,24-27,29,31-32,35,37H,2-3,5,7,10-11,13,15,17,22-23H2,1H3/t24?,25?,26-,27?,29?,31?,32?,35?,37?/m0/s1. The fraction of sp³-hybridized carbons (Fsp3) is 0.568. The van der Waals surface area contributed by atoms with Gasteiger partial charge in [0.2, 0.25) is 0 Å².